The fourth-order valence-corrected chi connectivity index (χ4v) is 1.22. The van der Waals surface area contributed by atoms with Crippen LogP contribution in [0.25, 0.3) is 0 Å². The van der Waals surface area contributed by atoms with Gasteiger partial charge in [-0.05, 0) is 50.5 Å². The highest BCUT2D eigenvalue weighted by Gasteiger charge is 1.96. The Labute approximate surface area is 79.7 Å². The van der Waals surface area contributed by atoms with Crippen molar-refractivity contribution < 1.29 is 5.11 Å². The van der Waals surface area contributed by atoms with Gasteiger partial charge in [-0.1, -0.05) is 17.7 Å². The van der Waals surface area contributed by atoms with Crippen LogP contribution in [0.2, 0.25) is 0 Å². The first-order chi connectivity index (χ1) is 6.09. The van der Waals surface area contributed by atoms with Crippen LogP contribution in [0.1, 0.15) is 25.0 Å². The molecule has 0 amide bonds. The molecule has 0 aliphatic carbocycles. The summed E-state index contributed by atoms with van der Waals surface area (Å²) in [5, 5.41) is 9.20. The molecular weight excluding hydrogens is 160 g/mol. The number of phenolic OH excluding ortho intramolecular Hbond substituents is 1. The van der Waals surface area contributed by atoms with E-state index in [-0.39, 0.29) is 0 Å². The van der Waals surface area contributed by atoms with Gasteiger partial charge in [0.1, 0.15) is 5.75 Å². The average molecular weight is 176 g/mol. The summed E-state index contributed by atoms with van der Waals surface area (Å²) in [4.78, 5) is 0. The summed E-state index contributed by atoms with van der Waals surface area (Å²) in [5.74, 6) is 0.346. The molecule has 0 heterocycles. The summed E-state index contributed by atoms with van der Waals surface area (Å²) < 4.78 is 0. The molecule has 0 bridgehead atoms. The molecule has 0 saturated carbocycles. The average Bonchev–Trinajstić information content (AvgIpc) is 2.02. The van der Waals surface area contributed by atoms with Crippen molar-refractivity contribution in [3.05, 3.63) is 41.0 Å². The SMILES string of the molecule is CC(C)=CCc1ccc(O)cc1C. The van der Waals surface area contributed by atoms with Crippen molar-refractivity contribution in [2.45, 2.75) is 27.2 Å². The normalized spacial score (nSPS) is 9.77. The third-order valence-corrected chi connectivity index (χ3v) is 2.06. The van der Waals surface area contributed by atoms with Crippen LogP contribution in [-0.2, 0) is 6.42 Å². The van der Waals surface area contributed by atoms with Gasteiger partial charge in [-0.25, -0.2) is 0 Å². The fourth-order valence-electron chi connectivity index (χ4n) is 1.22. The Morgan fingerprint density at radius 2 is 2.08 bits per heavy atom. The molecule has 0 radical (unpaired) electrons. The van der Waals surface area contributed by atoms with E-state index in [1.54, 1.807) is 12.1 Å². The Bertz CT molecular complexity index is 320. The minimum absolute atomic E-state index is 0.346. The van der Waals surface area contributed by atoms with E-state index in [0.717, 1.165) is 12.0 Å². The van der Waals surface area contributed by atoms with Crippen molar-refractivity contribution >= 4 is 0 Å². The van der Waals surface area contributed by atoms with Crippen molar-refractivity contribution in [2.24, 2.45) is 0 Å². The first-order valence-corrected chi connectivity index (χ1v) is 4.51. The van der Waals surface area contributed by atoms with Gasteiger partial charge in [0, 0.05) is 0 Å². The van der Waals surface area contributed by atoms with Crippen LogP contribution in [0.4, 0.5) is 0 Å². The van der Waals surface area contributed by atoms with Crippen molar-refractivity contribution in [1.82, 2.24) is 0 Å². The van der Waals surface area contributed by atoms with E-state index in [9.17, 15) is 5.11 Å². The van der Waals surface area contributed by atoms with Gasteiger partial charge in [-0.2, -0.15) is 0 Å². The smallest absolute Gasteiger partial charge is 0.115 e. The van der Waals surface area contributed by atoms with E-state index in [4.69, 9.17) is 0 Å². The van der Waals surface area contributed by atoms with Crippen molar-refractivity contribution in [3.8, 4) is 5.75 Å². The summed E-state index contributed by atoms with van der Waals surface area (Å²) >= 11 is 0. The molecule has 1 nitrogen and oxygen atoms in total. The van der Waals surface area contributed by atoms with Crippen LogP contribution in [0, 0.1) is 6.92 Å². The maximum atomic E-state index is 9.20. The Kier molecular flexibility index (Phi) is 3.13. The number of phenols is 1. The minimum atomic E-state index is 0.346. The van der Waals surface area contributed by atoms with Gasteiger partial charge in [0.15, 0.2) is 0 Å². The molecule has 1 N–H and O–H groups in total. The van der Waals surface area contributed by atoms with Gasteiger partial charge in [0.2, 0.25) is 0 Å². The highest BCUT2D eigenvalue weighted by molar-refractivity contribution is 5.35. The molecule has 0 unspecified atom stereocenters. The molecule has 13 heavy (non-hydrogen) atoms. The number of rotatable bonds is 2. The lowest BCUT2D eigenvalue weighted by molar-refractivity contribution is 0.474. The zero-order chi connectivity index (χ0) is 9.84. The minimum Gasteiger partial charge on any atom is -0.508 e. The lowest BCUT2D eigenvalue weighted by Crippen LogP contribution is -1.86. The Balaban J connectivity index is 2.84. The summed E-state index contributed by atoms with van der Waals surface area (Å²) in [5.41, 5.74) is 3.75. The number of allylic oxidation sites excluding steroid dienone is 2. The van der Waals surface area contributed by atoms with E-state index in [0.29, 0.717) is 5.75 Å². The second-order valence-corrected chi connectivity index (χ2v) is 3.60. The maximum absolute atomic E-state index is 9.20. The lowest BCUT2D eigenvalue weighted by Gasteiger charge is -2.03. The second-order valence-electron chi connectivity index (χ2n) is 3.60. The zero-order valence-corrected chi connectivity index (χ0v) is 8.46. The molecule has 0 saturated heterocycles. The summed E-state index contributed by atoms with van der Waals surface area (Å²) in [6.45, 7) is 6.21. The number of benzene rings is 1. The zero-order valence-electron chi connectivity index (χ0n) is 8.46. The van der Waals surface area contributed by atoms with Gasteiger partial charge in [0.25, 0.3) is 0 Å². The van der Waals surface area contributed by atoms with Gasteiger partial charge in [-0.15, -0.1) is 0 Å². The number of aromatic hydroxyl groups is 1. The van der Waals surface area contributed by atoms with E-state index < -0.39 is 0 Å². The number of aryl methyl sites for hydroxylation is 1. The molecule has 1 rings (SSSR count). The predicted octanol–water partition coefficient (Wildman–Crippen LogP) is 3.21. The van der Waals surface area contributed by atoms with Crippen LogP contribution in [-0.4, -0.2) is 5.11 Å². The van der Waals surface area contributed by atoms with E-state index >= 15 is 0 Å². The highest BCUT2D eigenvalue weighted by atomic mass is 16.3. The quantitative estimate of drug-likeness (QED) is 0.686. The lowest BCUT2D eigenvalue weighted by atomic mass is 10.0. The molecule has 0 aromatic heterocycles. The van der Waals surface area contributed by atoms with E-state index in [1.165, 1.54) is 11.1 Å². The summed E-state index contributed by atoms with van der Waals surface area (Å²) in [7, 11) is 0. The Hall–Kier alpha value is -1.24. The number of hydrogen-bond donors (Lipinski definition) is 1. The second kappa shape index (κ2) is 4.13. The molecular formula is C12H16O. The van der Waals surface area contributed by atoms with Crippen LogP contribution in [0.5, 0.6) is 5.75 Å². The van der Waals surface area contributed by atoms with Crippen LogP contribution >= 0.6 is 0 Å². The largest absolute Gasteiger partial charge is 0.508 e. The molecule has 0 atom stereocenters. The molecule has 1 aromatic rings. The van der Waals surface area contributed by atoms with E-state index in [2.05, 4.69) is 19.9 Å². The van der Waals surface area contributed by atoms with Crippen molar-refractivity contribution in [3.63, 3.8) is 0 Å². The predicted molar refractivity (Wildman–Crippen MR) is 56.0 cm³/mol. The van der Waals surface area contributed by atoms with Crippen LogP contribution in [0.15, 0.2) is 29.8 Å². The van der Waals surface area contributed by atoms with Gasteiger partial charge < -0.3 is 5.11 Å². The summed E-state index contributed by atoms with van der Waals surface area (Å²) in [6, 6.07) is 5.51. The standard InChI is InChI=1S/C12H16O/c1-9(2)4-5-11-6-7-12(13)8-10(11)3/h4,6-8,13H,5H2,1-3H3. The maximum Gasteiger partial charge on any atom is 0.115 e. The third kappa shape index (κ3) is 2.94. The van der Waals surface area contributed by atoms with Crippen molar-refractivity contribution in [1.29, 1.82) is 0 Å². The highest BCUT2D eigenvalue weighted by Crippen LogP contribution is 2.16. The first kappa shape index (κ1) is 9.85. The number of hydrogen-bond acceptors (Lipinski definition) is 1. The van der Waals surface area contributed by atoms with E-state index in [1.807, 2.05) is 13.0 Å². The van der Waals surface area contributed by atoms with Crippen LogP contribution < -0.4 is 0 Å². The Morgan fingerprint density at radius 3 is 2.62 bits per heavy atom. The molecule has 0 fully saturated rings. The molecule has 0 aliphatic rings. The van der Waals surface area contributed by atoms with Gasteiger partial charge in [0.05, 0.1) is 0 Å². The first-order valence-electron chi connectivity index (χ1n) is 4.51. The summed E-state index contributed by atoms with van der Waals surface area (Å²) in [6.07, 6.45) is 3.15. The molecule has 1 aromatic carbocycles. The van der Waals surface area contributed by atoms with Crippen LogP contribution in [0.3, 0.4) is 0 Å². The monoisotopic (exact) mass is 176 g/mol. The fraction of sp³-hybridized carbons (Fsp3) is 0.333. The van der Waals surface area contributed by atoms with Gasteiger partial charge in [-0.3, -0.25) is 0 Å². The third-order valence-electron chi connectivity index (χ3n) is 2.06. The van der Waals surface area contributed by atoms with Crippen molar-refractivity contribution in [2.75, 3.05) is 0 Å². The van der Waals surface area contributed by atoms with Gasteiger partial charge >= 0.3 is 0 Å². The Morgan fingerprint density at radius 1 is 1.38 bits per heavy atom. The molecule has 0 aliphatic heterocycles. The molecule has 0 spiro atoms. The molecule has 1 heteroatoms. The molecule has 70 valence electrons. The topological polar surface area (TPSA) is 20.2 Å².